The van der Waals surface area contributed by atoms with Crippen molar-refractivity contribution in [1.29, 1.82) is 0 Å². The van der Waals surface area contributed by atoms with Crippen LogP contribution in [0.5, 0.6) is 0 Å². The van der Waals surface area contributed by atoms with Crippen LogP contribution in [0.25, 0.3) is 11.3 Å². The Hall–Kier alpha value is -2.29. The maximum atomic E-state index is 13.5. The molecule has 0 aliphatic heterocycles. The van der Waals surface area contributed by atoms with Crippen molar-refractivity contribution >= 4 is 17.4 Å². The minimum Gasteiger partial charge on any atom is -0.357 e. The molecule has 2 aliphatic carbocycles. The van der Waals surface area contributed by atoms with Gasteiger partial charge < -0.3 is 4.98 Å². The molecular weight excluding hydrogens is 479 g/mol. The largest absolute Gasteiger partial charge is 0.391 e. The number of aromatic nitrogens is 2. The highest BCUT2D eigenvalue weighted by atomic mass is 35.5. The Morgan fingerprint density at radius 1 is 1.15 bits per heavy atom. The number of hydrogen-bond donors (Lipinski definition) is 1. The summed E-state index contributed by atoms with van der Waals surface area (Å²) in [6, 6.07) is 1.68. The van der Waals surface area contributed by atoms with E-state index in [0.717, 1.165) is 0 Å². The van der Waals surface area contributed by atoms with Crippen LogP contribution in [0.4, 0.5) is 22.0 Å². The molecular formula is C24H24ClF5N2O2. The topological polar surface area (TPSA) is 62.8 Å². The van der Waals surface area contributed by atoms with Crippen molar-refractivity contribution in [3.63, 3.8) is 0 Å². The maximum Gasteiger partial charge on any atom is 0.391 e. The molecule has 4 rings (SSSR count). The number of hydrogen-bond acceptors (Lipinski definition) is 3. The molecule has 4 nitrogen and oxygen atoms in total. The maximum absolute atomic E-state index is 13.5. The number of rotatable bonds is 4. The van der Waals surface area contributed by atoms with Crippen molar-refractivity contribution in [2.24, 2.45) is 5.92 Å². The van der Waals surface area contributed by atoms with E-state index in [2.05, 4.69) is 9.97 Å². The van der Waals surface area contributed by atoms with Crippen molar-refractivity contribution in [1.82, 2.24) is 9.97 Å². The number of ketones is 1. The standard InChI is InChI=1S/C24H24ClF5N2O2/c1-11-19(12(2)33)22(34)20(25)21(32-11)17-10-31-18(14-8-23(26,27)9-14)7-16(17)13-3-5-15(6-4-13)24(28,29)30/h7,10,13-15H,3-6,8-9H2,1-2H3,(H,32,34). The summed E-state index contributed by atoms with van der Waals surface area (Å²) in [6.07, 6.45) is -3.04. The normalized spacial score (nSPS) is 22.9. The van der Waals surface area contributed by atoms with E-state index < -0.39 is 35.1 Å². The third-order valence-electron chi connectivity index (χ3n) is 7.05. The fourth-order valence-corrected chi connectivity index (χ4v) is 5.41. The number of H-pyrrole nitrogens is 1. The molecule has 0 amide bonds. The van der Waals surface area contributed by atoms with Gasteiger partial charge in [-0.25, -0.2) is 8.78 Å². The van der Waals surface area contributed by atoms with E-state index in [1.165, 1.54) is 13.1 Å². The summed E-state index contributed by atoms with van der Waals surface area (Å²) < 4.78 is 66.5. The molecule has 2 fully saturated rings. The SMILES string of the molecule is CC(=O)c1c(C)[nH]c(-c2cnc(C3CC(F)(F)C3)cc2C2CCC(C(F)(F)F)CC2)c(Cl)c1=O. The van der Waals surface area contributed by atoms with Gasteiger partial charge in [0.25, 0.3) is 0 Å². The van der Waals surface area contributed by atoms with Crippen LogP contribution in [-0.2, 0) is 0 Å². The van der Waals surface area contributed by atoms with Gasteiger partial charge in [-0.2, -0.15) is 13.2 Å². The lowest BCUT2D eigenvalue weighted by Crippen LogP contribution is -2.34. The van der Waals surface area contributed by atoms with Gasteiger partial charge in [-0.15, -0.1) is 0 Å². The van der Waals surface area contributed by atoms with Crippen LogP contribution in [0.15, 0.2) is 17.1 Å². The average molecular weight is 503 g/mol. The Kier molecular flexibility index (Phi) is 6.38. The highest BCUT2D eigenvalue weighted by Gasteiger charge is 2.47. The van der Waals surface area contributed by atoms with Crippen molar-refractivity contribution in [3.05, 3.63) is 50.0 Å². The first-order valence-electron chi connectivity index (χ1n) is 11.2. The molecule has 0 spiro atoms. The highest BCUT2D eigenvalue weighted by molar-refractivity contribution is 6.33. The fourth-order valence-electron chi connectivity index (χ4n) is 5.17. The van der Waals surface area contributed by atoms with E-state index in [4.69, 9.17) is 11.6 Å². The number of nitrogens with zero attached hydrogens (tertiary/aromatic N) is 1. The minimum absolute atomic E-state index is 0.0423. The van der Waals surface area contributed by atoms with Gasteiger partial charge in [-0.3, -0.25) is 14.6 Å². The summed E-state index contributed by atoms with van der Waals surface area (Å²) >= 11 is 6.35. The van der Waals surface area contributed by atoms with E-state index >= 15 is 0 Å². The lowest BCUT2D eigenvalue weighted by molar-refractivity contribution is -0.182. The molecule has 0 bridgehead atoms. The zero-order chi connectivity index (χ0) is 25.0. The van der Waals surface area contributed by atoms with Crippen LogP contribution in [-0.4, -0.2) is 27.9 Å². The summed E-state index contributed by atoms with van der Waals surface area (Å²) in [5, 5.41) is -0.217. The minimum atomic E-state index is -4.26. The van der Waals surface area contributed by atoms with Crippen LogP contribution in [0.2, 0.25) is 5.02 Å². The summed E-state index contributed by atoms with van der Waals surface area (Å²) in [7, 11) is 0. The molecule has 10 heteroatoms. The summed E-state index contributed by atoms with van der Waals surface area (Å²) in [6.45, 7) is 2.81. The number of alkyl halides is 5. The molecule has 0 aromatic carbocycles. The van der Waals surface area contributed by atoms with Crippen molar-refractivity contribution in [2.45, 2.75) is 76.3 Å². The van der Waals surface area contributed by atoms with Crippen molar-refractivity contribution < 1.29 is 26.7 Å². The number of aromatic amines is 1. The van der Waals surface area contributed by atoms with Gasteiger partial charge >= 0.3 is 6.18 Å². The Balaban J connectivity index is 1.78. The zero-order valence-electron chi connectivity index (χ0n) is 18.7. The second kappa shape index (κ2) is 8.73. The third-order valence-corrected chi connectivity index (χ3v) is 7.41. The molecule has 2 heterocycles. The first kappa shape index (κ1) is 24.8. The van der Waals surface area contributed by atoms with Gasteiger partial charge in [0.05, 0.1) is 17.2 Å². The number of aryl methyl sites for hydroxylation is 1. The Bertz CT molecular complexity index is 1180. The number of nitrogens with one attached hydrogen (secondary N) is 1. The second-order valence-electron chi connectivity index (χ2n) is 9.45. The molecule has 0 saturated heterocycles. The van der Waals surface area contributed by atoms with Gasteiger partial charge in [0.2, 0.25) is 11.4 Å². The Morgan fingerprint density at radius 3 is 2.29 bits per heavy atom. The van der Waals surface area contributed by atoms with Crippen molar-refractivity contribution in [3.8, 4) is 11.3 Å². The summed E-state index contributed by atoms with van der Waals surface area (Å²) in [5.74, 6) is -5.28. The van der Waals surface area contributed by atoms with Gasteiger partial charge in [0.1, 0.15) is 5.02 Å². The van der Waals surface area contributed by atoms with Gasteiger partial charge in [-0.05, 0) is 57.1 Å². The van der Waals surface area contributed by atoms with Crippen LogP contribution in [0.3, 0.4) is 0 Å². The molecule has 2 aromatic rings. The Morgan fingerprint density at radius 2 is 1.76 bits per heavy atom. The first-order valence-corrected chi connectivity index (χ1v) is 11.5. The molecule has 1 N–H and O–H groups in total. The van der Waals surface area contributed by atoms with E-state index in [1.807, 2.05) is 0 Å². The first-order chi connectivity index (χ1) is 15.8. The lowest BCUT2D eigenvalue weighted by Gasteiger charge is -2.35. The number of carbonyl (C=O) groups excluding carboxylic acids is 1. The van der Waals surface area contributed by atoms with Crippen LogP contribution >= 0.6 is 11.6 Å². The zero-order valence-corrected chi connectivity index (χ0v) is 19.4. The molecule has 0 atom stereocenters. The summed E-state index contributed by atoms with van der Waals surface area (Å²) in [4.78, 5) is 32.0. The second-order valence-corrected chi connectivity index (χ2v) is 9.82. The fraction of sp³-hybridized carbons (Fsp3) is 0.542. The van der Waals surface area contributed by atoms with Crippen LogP contribution < -0.4 is 5.43 Å². The quantitative estimate of drug-likeness (QED) is 0.363. The molecule has 2 aromatic heterocycles. The predicted molar refractivity (Wildman–Crippen MR) is 118 cm³/mol. The van der Waals surface area contributed by atoms with E-state index in [-0.39, 0.29) is 60.7 Å². The number of pyridine rings is 2. The lowest BCUT2D eigenvalue weighted by atomic mass is 9.74. The molecule has 184 valence electrons. The van der Waals surface area contributed by atoms with Crippen LogP contribution in [0, 0.1) is 12.8 Å². The van der Waals surface area contributed by atoms with E-state index in [9.17, 15) is 31.5 Å². The van der Waals surface area contributed by atoms with Gasteiger partial charge in [0.15, 0.2) is 5.78 Å². The smallest absolute Gasteiger partial charge is 0.357 e. The molecule has 2 saturated carbocycles. The van der Waals surface area contributed by atoms with Crippen molar-refractivity contribution in [2.75, 3.05) is 0 Å². The molecule has 0 unspecified atom stereocenters. The van der Waals surface area contributed by atoms with Gasteiger partial charge in [-0.1, -0.05) is 11.6 Å². The van der Waals surface area contributed by atoms with Gasteiger partial charge in [0, 0.05) is 41.9 Å². The number of Topliss-reactive ketones (excluding diaryl/α,β-unsaturated/α-hetero) is 1. The van der Waals surface area contributed by atoms with Crippen LogP contribution in [0.1, 0.15) is 84.6 Å². The summed E-state index contributed by atoms with van der Waals surface area (Å²) in [5.41, 5.74) is 1.35. The number of carbonyl (C=O) groups is 1. The third kappa shape index (κ3) is 4.63. The number of halogens is 6. The van der Waals surface area contributed by atoms with E-state index in [1.54, 1.807) is 13.0 Å². The molecule has 0 radical (unpaired) electrons. The monoisotopic (exact) mass is 502 g/mol. The predicted octanol–water partition coefficient (Wildman–Crippen LogP) is 6.95. The average Bonchev–Trinajstić information content (AvgIpc) is 2.73. The Labute approximate surface area is 197 Å². The highest BCUT2D eigenvalue weighted by Crippen LogP contribution is 2.50. The van der Waals surface area contributed by atoms with E-state index in [0.29, 0.717) is 22.5 Å². The molecule has 2 aliphatic rings. The molecule has 34 heavy (non-hydrogen) atoms.